The molecule has 122 valence electrons. The number of carbonyl (C=O) groups is 1. The van der Waals surface area contributed by atoms with Gasteiger partial charge < -0.3 is 20.1 Å². The molecule has 6 nitrogen and oxygen atoms in total. The summed E-state index contributed by atoms with van der Waals surface area (Å²) in [5.41, 5.74) is 6.65. The first kappa shape index (κ1) is 13.6. The second-order valence-electron chi connectivity index (χ2n) is 6.82. The van der Waals surface area contributed by atoms with Crippen LogP contribution >= 0.6 is 0 Å². The number of hydrogen-bond donors (Lipinski definition) is 1. The number of benzene rings is 1. The Morgan fingerprint density at radius 2 is 2.26 bits per heavy atom. The fourth-order valence-corrected chi connectivity index (χ4v) is 4.46. The van der Waals surface area contributed by atoms with Gasteiger partial charge in [-0.15, -0.1) is 0 Å². The van der Waals surface area contributed by atoms with E-state index in [9.17, 15) is 9.18 Å². The Morgan fingerprint density at radius 1 is 1.43 bits per heavy atom. The smallest absolute Gasteiger partial charge is 0.414 e. The van der Waals surface area contributed by atoms with E-state index in [4.69, 9.17) is 15.2 Å². The van der Waals surface area contributed by atoms with Gasteiger partial charge in [0.15, 0.2) is 0 Å². The van der Waals surface area contributed by atoms with Gasteiger partial charge in [0.05, 0.1) is 29.6 Å². The average molecular weight is 319 g/mol. The molecule has 1 aromatic carbocycles. The largest absolute Gasteiger partial charge is 0.443 e. The summed E-state index contributed by atoms with van der Waals surface area (Å²) < 4.78 is 25.5. The van der Waals surface area contributed by atoms with Crippen molar-refractivity contribution in [3.8, 4) is 0 Å². The van der Waals surface area contributed by atoms with Gasteiger partial charge in [0, 0.05) is 19.0 Å². The summed E-state index contributed by atoms with van der Waals surface area (Å²) in [4.78, 5) is 15.4. The van der Waals surface area contributed by atoms with Crippen LogP contribution in [0.15, 0.2) is 18.2 Å². The van der Waals surface area contributed by atoms with Crippen LogP contribution in [0.4, 0.5) is 20.6 Å². The average Bonchev–Trinajstić information content (AvgIpc) is 2.88. The number of hydrogen-bond acceptors (Lipinski definition) is 5. The van der Waals surface area contributed by atoms with Crippen molar-refractivity contribution in [3.63, 3.8) is 0 Å². The molecule has 1 aliphatic carbocycles. The minimum Gasteiger partial charge on any atom is -0.443 e. The second kappa shape index (κ2) is 4.15. The zero-order valence-electron chi connectivity index (χ0n) is 12.7. The molecule has 0 bridgehead atoms. The fourth-order valence-electron chi connectivity index (χ4n) is 4.46. The third-order valence-corrected chi connectivity index (χ3v) is 5.84. The predicted octanol–water partition coefficient (Wildman–Crippen LogP) is 1.09. The van der Waals surface area contributed by atoms with Gasteiger partial charge in [0.1, 0.15) is 18.0 Å². The van der Waals surface area contributed by atoms with Gasteiger partial charge in [0.25, 0.3) is 0 Å². The molecule has 0 aromatic heterocycles. The van der Waals surface area contributed by atoms with Crippen LogP contribution in [-0.2, 0) is 9.47 Å². The van der Waals surface area contributed by atoms with Gasteiger partial charge in [-0.2, -0.15) is 0 Å². The number of morpholine rings is 1. The third-order valence-electron chi connectivity index (χ3n) is 5.84. The second-order valence-corrected chi connectivity index (χ2v) is 6.82. The van der Waals surface area contributed by atoms with E-state index in [1.54, 1.807) is 12.1 Å². The van der Waals surface area contributed by atoms with Crippen molar-refractivity contribution >= 4 is 17.5 Å². The molecule has 3 unspecified atom stereocenters. The summed E-state index contributed by atoms with van der Waals surface area (Å²) in [6.45, 7) is 3.50. The van der Waals surface area contributed by atoms with Crippen molar-refractivity contribution < 1.29 is 18.7 Å². The molecule has 4 fully saturated rings. The SMILES string of the molecule is C[C@@H]1C2OC3CN(c4ccc(N5C[C@H](CN)OC5=O)cc4F)C321. The number of nitrogens with two attached hydrogens (primary N) is 1. The number of halogens is 1. The molecule has 2 N–H and O–H groups in total. The molecule has 1 spiro atoms. The molecule has 4 aliphatic rings. The lowest BCUT2D eigenvalue weighted by Crippen LogP contribution is -2.72. The van der Waals surface area contributed by atoms with E-state index in [0.29, 0.717) is 23.8 Å². The number of rotatable bonds is 3. The zero-order valence-corrected chi connectivity index (χ0v) is 12.7. The summed E-state index contributed by atoms with van der Waals surface area (Å²) in [5, 5.41) is 0. The number of amides is 1. The normalized spacial score (nSPS) is 40.0. The van der Waals surface area contributed by atoms with Gasteiger partial charge in [0.2, 0.25) is 0 Å². The maximum Gasteiger partial charge on any atom is 0.414 e. The lowest BCUT2D eigenvalue weighted by molar-refractivity contribution is -0.116. The number of cyclic esters (lactones) is 1. The summed E-state index contributed by atoms with van der Waals surface area (Å²) in [5.74, 6) is 0.142. The number of anilines is 2. The predicted molar refractivity (Wildman–Crippen MR) is 81.0 cm³/mol. The molecule has 3 aliphatic heterocycles. The van der Waals surface area contributed by atoms with Crippen molar-refractivity contribution in [1.82, 2.24) is 0 Å². The summed E-state index contributed by atoms with van der Waals surface area (Å²) >= 11 is 0. The van der Waals surface area contributed by atoms with Crippen LogP contribution in [0, 0.1) is 11.7 Å². The minimum absolute atomic E-state index is 0.0274. The molecule has 1 saturated carbocycles. The summed E-state index contributed by atoms with van der Waals surface area (Å²) in [7, 11) is 0. The van der Waals surface area contributed by atoms with Gasteiger partial charge in [-0.1, -0.05) is 6.92 Å². The number of ether oxygens (including phenoxy) is 2. The Labute approximate surface area is 132 Å². The molecule has 5 rings (SSSR count). The fraction of sp³-hybridized carbons (Fsp3) is 0.562. The van der Waals surface area contributed by atoms with Crippen molar-refractivity contribution in [1.29, 1.82) is 0 Å². The molecule has 3 saturated heterocycles. The zero-order chi connectivity index (χ0) is 15.9. The summed E-state index contributed by atoms with van der Waals surface area (Å²) in [6.07, 6.45) is -0.307. The summed E-state index contributed by atoms with van der Waals surface area (Å²) in [6, 6.07) is 4.92. The van der Waals surface area contributed by atoms with Crippen LogP contribution in [0.2, 0.25) is 0 Å². The Balaban J connectivity index is 1.41. The minimum atomic E-state index is -0.474. The van der Waals surface area contributed by atoms with Crippen LogP contribution in [0.3, 0.4) is 0 Å². The van der Waals surface area contributed by atoms with E-state index in [2.05, 4.69) is 11.8 Å². The highest BCUT2D eigenvalue weighted by Crippen LogP contribution is 2.68. The van der Waals surface area contributed by atoms with Crippen LogP contribution in [0.1, 0.15) is 6.92 Å². The van der Waals surface area contributed by atoms with Crippen LogP contribution in [0.25, 0.3) is 0 Å². The monoisotopic (exact) mass is 319 g/mol. The van der Waals surface area contributed by atoms with Gasteiger partial charge >= 0.3 is 6.09 Å². The maximum atomic E-state index is 14.6. The van der Waals surface area contributed by atoms with E-state index < -0.39 is 6.09 Å². The first-order chi connectivity index (χ1) is 11.1. The van der Waals surface area contributed by atoms with Crippen LogP contribution in [-0.4, -0.2) is 49.6 Å². The van der Waals surface area contributed by atoms with Crippen molar-refractivity contribution in [2.75, 3.05) is 29.4 Å². The maximum absolute atomic E-state index is 14.6. The standard InChI is InChI=1S/C16H18FN3O3/c1-8-14-16(8)13(23-14)7-20(16)12-3-2-9(4-11(12)17)19-6-10(5-18)22-15(19)21/h2-4,8,10,13-14H,5-7,18H2,1H3/t8-,10+,13?,14?,16?/m1/s1. The van der Waals surface area contributed by atoms with Crippen molar-refractivity contribution in [2.45, 2.75) is 30.8 Å². The molecule has 3 heterocycles. The molecule has 1 aromatic rings. The molecular weight excluding hydrogens is 301 g/mol. The Hall–Kier alpha value is -1.86. The molecule has 0 radical (unpaired) electrons. The number of carbonyl (C=O) groups excluding carboxylic acids is 1. The van der Waals surface area contributed by atoms with Gasteiger partial charge in [-0.05, 0) is 18.2 Å². The first-order valence-electron chi connectivity index (χ1n) is 7.98. The lowest BCUT2D eigenvalue weighted by atomic mass is 9.89. The highest BCUT2D eigenvalue weighted by molar-refractivity contribution is 5.90. The third kappa shape index (κ3) is 1.47. The molecule has 23 heavy (non-hydrogen) atoms. The van der Waals surface area contributed by atoms with E-state index in [-0.39, 0.29) is 36.2 Å². The molecule has 1 amide bonds. The Kier molecular flexibility index (Phi) is 2.45. The molecular formula is C16H18FN3O3. The van der Waals surface area contributed by atoms with E-state index in [1.165, 1.54) is 11.0 Å². The quantitative estimate of drug-likeness (QED) is 0.903. The molecule has 5 atom stereocenters. The van der Waals surface area contributed by atoms with Crippen LogP contribution in [0.5, 0.6) is 0 Å². The van der Waals surface area contributed by atoms with E-state index in [0.717, 1.165) is 6.54 Å². The topological polar surface area (TPSA) is 68.0 Å². The van der Waals surface area contributed by atoms with Gasteiger partial charge in [-0.3, -0.25) is 4.90 Å². The first-order valence-corrected chi connectivity index (χ1v) is 7.98. The lowest BCUT2D eigenvalue weighted by Gasteiger charge is -2.56. The van der Waals surface area contributed by atoms with E-state index in [1.807, 2.05) is 0 Å². The Morgan fingerprint density at radius 3 is 2.83 bits per heavy atom. The van der Waals surface area contributed by atoms with Crippen molar-refractivity contribution in [2.24, 2.45) is 11.7 Å². The highest BCUT2D eigenvalue weighted by Gasteiger charge is 2.84. The Bertz CT molecular complexity index is 700. The van der Waals surface area contributed by atoms with E-state index >= 15 is 0 Å². The van der Waals surface area contributed by atoms with Gasteiger partial charge in [-0.25, -0.2) is 9.18 Å². The van der Waals surface area contributed by atoms with Crippen LogP contribution < -0.4 is 15.5 Å². The molecule has 7 heteroatoms. The highest BCUT2D eigenvalue weighted by atomic mass is 19.1. The number of nitrogens with zero attached hydrogens (tertiary/aromatic N) is 2. The van der Waals surface area contributed by atoms with Crippen molar-refractivity contribution in [3.05, 3.63) is 24.0 Å².